The third kappa shape index (κ3) is 4.90. The molecule has 1 aromatic heterocycles. The van der Waals surface area contributed by atoms with E-state index in [-0.39, 0.29) is 11.3 Å². The summed E-state index contributed by atoms with van der Waals surface area (Å²) < 4.78 is 0. The number of aryl methyl sites for hydroxylation is 1. The van der Waals surface area contributed by atoms with Gasteiger partial charge in [-0.15, -0.1) is 11.3 Å². The van der Waals surface area contributed by atoms with Crippen LogP contribution in [0.15, 0.2) is 60.7 Å². The molecule has 0 bridgehead atoms. The predicted octanol–water partition coefficient (Wildman–Crippen LogP) is 3.50. The molecule has 0 aliphatic heterocycles. The number of aromatic nitrogens is 1. The highest BCUT2D eigenvalue weighted by atomic mass is 32.1. The number of carbonyl (C=O) groups is 2. The van der Waals surface area contributed by atoms with Gasteiger partial charge in [0.05, 0.1) is 16.2 Å². The minimum absolute atomic E-state index is 0.116. The second-order valence-electron chi connectivity index (χ2n) is 5.89. The van der Waals surface area contributed by atoms with Crippen molar-refractivity contribution in [3.8, 4) is 10.6 Å². The molecule has 0 aliphatic carbocycles. The van der Waals surface area contributed by atoms with Crippen LogP contribution in [0.4, 0.5) is 5.69 Å². The summed E-state index contributed by atoms with van der Waals surface area (Å²) in [6.07, 6.45) is 2.42. The number of nitro benzene ring substituents is 1. The van der Waals surface area contributed by atoms with Gasteiger partial charge in [-0.3, -0.25) is 30.6 Å². The maximum absolute atomic E-state index is 12.4. The van der Waals surface area contributed by atoms with Gasteiger partial charge in [-0.05, 0) is 19.1 Å². The van der Waals surface area contributed by atoms with E-state index >= 15 is 0 Å². The molecule has 0 saturated heterocycles. The maximum atomic E-state index is 12.4. The predicted molar refractivity (Wildman–Crippen MR) is 110 cm³/mol. The molecule has 0 radical (unpaired) electrons. The van der Waals surface area contributed by atoms with E-state index in [1.165, 1.54) is 35.6 Å². The zero-order chi connectivity index (χ0) is 20.8. The summed E-state index contributed by atoms with van der Waals surface area (Å²) in [5.41, 5.74) is 6.20. The highest BCUT2D eigenvalue weighted by Crippen LogP contribution is 2.27. The standard InChI is InChI=1S/C20H16N4O4S/c1-13-18(29-20(21-13)15-8-3-2-4-9-15)19(26)23-22-17(25)12-11-14-7-5-6-10-16(14)24(27)28/h2-12H,1H3,(H,22,25)(H,23,26)/b12-11+. The molecule has 0 aliphatic rings. The van der Waals surface area contributed by atoms with Crippen molar-refractivity contribution < 1.29 is 14.5 Å². The van der Waals surface area contributed by atoms with Gasteiger partial charge in [-0.1, -0.05) is 42.5 Å². The van der Waals surface area contributed by atoms with Crippen LogP contribution in [0.1, 0.15) is 20.9 Å². The molecule has 0 fully saturated rings. The zero-order valence-electron chi connectivity index (χ0n) is 15.3. The molecule has 0 unspecified atom stereocenters. The van der Waals surface area contributed by atoms with Gasteiger partial charge in [0, 0.05) is 17.7 Å². The highest BCUT2D eigenvalue weighted by molar-refractivity contribution is 7.17. The largest absolute Gasteiger partial charge is 0.281 e. The molecule has 2 amide bonds. The number of hydrogen-bond donors (Lipinski definition) is 2. The third-order valence-electron chi connectivity index (χ3n) is 3.87. The summed E-state index contributed by atoms with van der Waals surface area (Å²) >= 11 is 1.22. The second-order valence-corrected chi connectivity index (χ2v) is 6.89. The highest BCUT2D eigenvalue weighted by Gasteiger charge is 2.16. The van der Waals surface area contributed by atoms with Gasteiger partial charge >= 0.3 is 0 Å². The molecule has 3 aromatic rings. The number of nitro groups is 1. The molecule has 9 heteroatoms. The molecule has 0 spiro atoms. The first-order chi connectivity index (χ1) is 14.0. The summed E-state index contributed by atoms with van der Waals surface area (Å²) in [5, 5.41) is 11.7. The molecule has 0 saturated carbocycles. The Morgan fingerprint density at radius 1 is 1.07 bits per heavy atom. The summed E-state index contributed by atoms with van der Waals surface area (Å²) in [5.74, 6) is -1.11. The Morgan fingerprint density at radius 2 is 1.76 bits per heavy atom. The molecular weight excluding hydrogens is 392 g/mol. The van der Waals surface area contributed by atoms with E-state index in [0.29, 0.717) is 15.6 Å². The number of carbonyl (C=O) groups excluding carboxylic acids is 2. The van der Waals surface area contributed by atoms with Crippen LogP contribution in [0.5, 0.6) is 0 Å². The number of thiazole rings is 1. The fourth-order valence-electron chi connectivity index (χ4n) is 2.49. The van der Waals surface area contributed by atoms with Crippen LogP contribution in [-0.2, 0) is 4.79 Å². The van der Waals surface area contributed by atoms with Gasteiger partial charge in [0.2, 0.25) is 0 Å². The fourth-order valence-corrected chi connectivity index (χ4v) is 3.46. The maximum Gasteiger partial charge on any atom is 0.281 e. The van der Waals surface area contributed by atoms with E-state index < -0.39 is 16.7 Å². The Hall–Kier alpha value is -3.85. The lowest BCUT2D eigenvalue weighted by Crippen LogP contribution is -2.40. The summed E-state index contributed by atoms with van der Waals surface area (Å²) in [6.45, 7) is 1.72. The smallest absolute Gasteiger partial charge is 0.268 e. The average Bonchev–Trinajstić information content (AvgIpc) is 3.13. The zero-order valence-corrected chi connectivity index (χ0v) is 16.1. The summed E-state index contributed by atoms with van der Waals surface area (Å²) in [7, 11) is 0. The molecule has 0 atom stereocenters. The third-order valence-corrected chi connectivity index (χ3v) is 5.08. The van der Waals surface area contributed by atoms with Crippen molar-refractivity contribution in [3.05, 3.63) is 86.9 Å². The van der Waals surface area contributed by atoms with Gasteiger partial charge in [-0.25, -0.2) is 4.98 Å². The van der Waals surface area contributed by atoms with Crippen molar-refractivity contribution >= 4 is 34.9 Å². The summed E-state index contributed by atoms with van der Waals surface area (Å²) in [4.78, 5) is 39.5. The Bertz CT molecular complexity index is 1090. The van der Waals surface area contributed by atoms with Gasteiger partial charge in [0.25, 0.3) is 17.5 Å². The summed E-state index contributed by atoms with van der Waals surface area (Å²) in [6, 6.07) is 15.5. The van der Waals surface area contributed by atoms with Gasteiger partial charge in [0.15, 0.2) is 0 Å². The number of nitrogens with one attached hydrogen (secondary N) is 2. The van der Waals surface area contributed by atoms with Crippen molar-refractivity contribution in [1.29, 1.82) is 0 Å². The SMILES string of the molecule is Cc1nc(-c2ccccc2)sc1C(=O)NNC(=O)/C=C/c1ccccc1[N+](=O)[O-]. The molecule has 1 heterocycles. The normalized spacial score (nSPS) is 10.7. The number of hydrazine groups is 1. The lowest BCUT2D eigenvalue weighted by atomic mass is 10.1. The topological polar surface area (TPSA) is 114 Å². The van der Waals surface area contributed by atoms with Gasteiger partial charge in [0.1, 0.15) is 9.88 Å². The van der Waals surface area contributed by atoms with E-state index in [4.69, 9.17) is 0 Å². The number of benzene rings is 2. The monoisotopic (exact) mass is 408 g/mol. The number of nitrogens with zero attached hydrogens (tertiary/aromatic N) is 2. The first-order valence-corrected chi connectivity index (χ1v) is 9.32. The van der Waals surface area contributed by atoms with Crippen LogP contribution in [0.2, 0.25) is 0 Å². The van der Waals surface area contributed by atoms with E-state index in [1.54, 1.807) is 13.0 Å². The van der Waals surface area contributed by atoms with Crippen LogP contribution < -0.4 is 10.9 Å². The minimum atomic E-state index is -0.623. The number of para-hydroxylation sites is 1. The Kier molecular flexibility index (Phi) is 6.10. The molecule has 146 valence electrons. The number of hydrogen-bond acceptors (Lipinski definition) is 6. The lowest BCUT2D eigenvalue weighted by molar-refractivity contribution is -0.385. The van der Waals surface area contributed by atoms with Crippen LogP contribution >= 0.6 is 11.3 Å². The van der Waals surface area contributed by atoms with Crippen LogP contribution in [-0.4, -0.2) is 21.7 Å². The van der Waals surface area contributed by atoms with E-state index in [1.807, 2.05) is 30.3 Å². The van der Waals surface area contributed by atoms with Crippen molar-refractivity contribution in [2.24, 2.45) is 0 Å². The molecular formula is C20H16N4O4S. The number of rotatable bonds is 5. The average molecular weight is 408 g/mol. The molecule has 29 heavy (non-hydrogen) atoms. The Labute approximate surface area is 170 Å². The molecule has 2 N–H and O–H groups in total. The van der Waals surface area contributed by atoms with Crippen molar-refractivity contribution in [3.63, 3.8) is 0 Å². The quantitative estimate of drug-likeness (QED) is 0.381. The van der Waals surface area contributed by atoms with Crippen molar-refractivity contribution in [2.75, 3.05) is 0 Å². The van der Waals surface area contributed by atoms with Crippen LogP contribution in [0.25, 0.3) is 16.6 Å². The fraction of sp³-hybridized carbons (Fsp3) is 0.0500. The Morgan fingerprint density at radius 3 is 2.48 bits per heavy atom. The molecule has 3 rings (SSSR count). The Balaban J connectivity index is 1.63. The van der Waals surface area contributed by atoms with Gasteiger partial charge < -0.3 is 0 Å². The van der Waals surface area contributed by atoms with Crippen LogP contribution in [0.3, 0.4) is 0 Å². The van der Waals surface area contributed by atoms with E-state index in [2.05, 4.69) is 15.8 Å². The van der Waals surface area contributed by atoms with Gasteiger partial charge in [-0.2, -0.15) is 0 Å². The first kappa shape index (κ1) is 19.9. The minimum Gasteiger partial charge on any atom is -0.268 e. The van der Waals surface area contributed by atoms with E-state index in [0.717, 1.165) is 11.6 Å². The van der Waals surface area contributed by atoms with Crippen molar-refractivity contribution in [2.45, 2.75) is 6.92 Å². The lowest BCUT2D eigenvalue weighted by Gasteiger charge is -2.04. The van der Waals surface area contributed by atoms with Crippen LogP contribution in [0, 0.1) is 17.0 Å². The first-order valence-electron chi connectivity index (χ1n) is 8.50. The van der Waals surface area contributed by atoms with E-state index in [9.17, 15) is 19.7 Å². The second kappa shape index (κ2) is 8.89. The number of amides is 2. The van der Waals surface area contributed by atoms with Crippen molar-refractivity contribution in [1.82, 2.24) is 15.8 Å². The molecule has 8 nitrogen and oxygen atoms in total. The molecule has 2 aromatic carbocycles.